The third-order valence-corrected chi connectivity index (χ3v) is 4.08. The standard InChI is InChI=1S/C19H10FNO3/c20-11-7-5-10(6-8-11)15-9-14-16(19(24)21-15)18(23)13-4-2-1-3-12(13)17(14)22/h1-9H,(H,21,24). The summed E-state index contributed by atoms with van der Waals surface area (Å²) in [4.78, 5) is 40.2. The van der Waals surface area contributed by atoms with Gasteiger partial charge in [0.15, 0.2) is 11.6 Å². The van der Waals surface area contributed by atoms with E-state index in [1.165, 1.54) is 36.4 Å². The Morgan fingerprint density at radius 3 is 2.04 bits per heavy atom. The average Bonchev–Trinajstić information content (AvgIpc) is 2.60. The molecule has 0 fully saturated rings. The predicted molar refractivity (Wildman–Crippen MR) is 85.8 cm³/mol. The molecule has 4 rings (SSSR count). The number of ketones is 2. The molecular formula is C19H10FNO3. The van der Waals surface area contributed by atoms with Crippen molar-refractivity contribution in [3.63, 3.8) is 0 Å². The molecule has 5 heteroatoms. The Kier molecular flexibility index (Phi) is 3.03. The van der Waals surface area contributed by atoms with Crippen LogP contribution in [0.15, 0.2) is 59.4 Å². The summed E-state index contributed by atoms with van der Waals surface area (Å²) in [5, 5.41) is 0. The van der Waals surface area contributed by atoms with Crippen LogP contribution in [0, 0.1) is 5.82 Å². The number of hydrogen-bond acceptors (Lipinski definition) is 3. The van der Waals surface area contributed by atoms with Crippen LogP contribution in [0.2, 0.25) is 0 Å². The maximum atomic E-state index is 13.1. The highest BCUT2D eigenvalue weighted by molar-refractivity contribution is 6.28. The molecule has 1 heterocycles. The zero-order valence-electron chi connectivity index (χ0n) is 12.3. The van der Waals surface area contributed by atoms with E-state index < -0.39 is 17.2 Å². The Hall–Kier alpha value is -3.34. The molecule has 0 spiro atoms. The molecule has 1 aromatic heterocycles. The van der Waals surface area contributed by atoms with Crippen LogP contribution in [0.4, 0.5) is 4.39 Å². The lowest BCUT2D eigenvalue weighted by Crippen LogP contribution is -2.29. The SMILES string of the molecule is O=C1c2ccccc2C(=O)c2c1cc(-c1ccc(F)cc1)[nH]c2=O. The van der Waals surface area contributed by atoms with E-state index in [1.54, 1.807) is 18.2 Å². The Morgan fingerprint density at radius 2 is 1.38 bits per heavy atom. The molecule has 0 unspecified atom stereocenters. The number of pyridine rings is 1. The van der Waals surface area contributed by atoms with Crippen molar-refractivity contribution in [2.45, 2.75) is 0 Å². The quantitative estimate of drug-likeness (QED) is 0.586. The van der Waals surface area contributed by atoms with Gasteiger partial charge in [-0.15, -0.1) is 0 Å². The molecule has 2 aromatic carbocycles. The number of aromatic nitrogens is 1. The van der Waals surface area contributed by atoms with Gasteiger partial charge in [-0.3, -0.25) is 14.4 Å². The second-order valence-corrected chi connectivity index (χ2v) is 5.51. The largest absolute Gasteiger partial charge is 0.321 e. The average molecular weight is 319 g/mol. The van der Waals surface area contributed by atoms with Gasteiger partial charge in [0.25, 0.3) is 5.56 Å². The monoisotopic (exact) mass is 319 g/mol. The molecule has 3 aromatic rings. The molecule has 116 valence electrons. The maximum absolute atomic E-state index is 13.1. The first-order valence-corrected chi connectivity index (χ1v) is 7.28. The number of nitrogens with one attached hydrogen (secondary N) is 1. The fourth-order valence-corrected chi connectivity index (χ4v) is 2.91. The Bertz CT molecular complexity index is 1060. The first-order valence-electron chi connectivity index (χ1n) is 7.28. The summed E-state index contributed by atoms with van der Waals surface area (Å²) in [6.45, 7) is 0. The van der Waals surface area contributed by atoms with Crippen molar-refractivity contribution < 1.29 is 14.0 Å². The van der Waals surface area contributed by atoms with Crippen molar-refractivity contribution in [3.8, 4) is 11.3 Å². The topological polar surface area (TPSA) is 67.0 Å². The van der Waals surface area contributed by atoms with E-state index in [2.05, 4.69) is 4.98 Å². The number of carbonyl (C=O) groups is 2. The number of aromatic amines is 1. The van der Waals surface area contributed by atoms with Crippen molar-refractivity contribution in [2.24, 2.45) is 0 Å². The zero-order valence-corrected chi connectivity index (χ0v) is 12.3. The van der Waals surface area contributed by atoms with Crippen LogP contribution in [-0.4, -0.2) is 16.6 Å². The van der Waals surface area contributed by atoms with Crippen molar-refractivity contribution in [1.29, 1.82) is 0 Å². The zero-order chi connectivity index (χ0) is 16.8. The van der Waals surface area contributed by atoms with Crippen LogP contribution in [0.1, 0.15) is 31.8 Å². The molecule has 1 N–H and O–H groups in total. The van der Waals surface area contributed by atoms with E-state index in [0.717, 1.165) is 0 Å². The number of carbonyl (C=O) groups excluding carboxylic acids is 2. The number of benzene rings is 2. The van der Waals surface area contributed by atoms with E-state index in [0.29, 0.717) is 11.3 Å². The summed E-state index contributed by atoms with van der Waals surface area (Å²) in [5.41, 5.74) is 0.724. The Labute approximate surface area is 135 Å². The van der Waals surface area contributed by atoms with E-state index in [9.17, 15) is 18.8 Å². The van der Waals surface area contributed by atoms with Gasteiger partial charge < -0.3 is 4.98 Å². The lowest BCUT2D eigenvalue weighted by atomic mass is 9.84. The highest BCUT2D eigenvalue weighted by Crippen LogP contribution is 2.27. The number of rotatable bonds is 1. The normalized spacial score (nSPS) is 12.7. The fourth-order valence-electron chi connectivity index (χ4n) is 2.91. The molecule has 0 saturated heterocycles. The lowest BCUT2D eigenvalue weighted by Gasteiger charge is -2.17. The molecular weight excluding hydrogens is 309 g/mol. The van der Waals surface area contributed by atoms with E-state index >= 15 is 0 Å². The smallest absolute Gasteiger partial charge is 0.260 e. The summed E-state index contributed by atoms with van der Waals surface area (Å²) in [7, 11) is 0. The molecule has 4 nitrogen and oxygen atoms in total. The van der Waals surface area contributed by atoms with Crippen LogP contribution >= 0.6 is 0 Å². The fraction of sp³-hybridized carbons (Fsp3) is 0. The van der Waals surface area contributed by atoms with Crippen molar-refractivity contribution in [1.82, 2.24) is 4.98 Å². The van der Waals surface area contributed by atoms with E-state index in [-0.39, 0.29) is 28.0 Å². The molecule has 1 aliphatic carbocycles. The minimum Gasteiger partial charge on any atom is -0.321 e. The van der Waals surface area contributed by atoms with Gasteiger partial charge in [0.05, 0.1) is 5.56 Å². The van der Waals surface area contributed by atoms with Crippen LogP contribution in [0.25, 0.3) is 11.3 Å². The molecule has 0 radical (unpaired) electrons. The summed E-state index contributed by atoms with van der Waals surface area (Å²) in [6, 6.07) is 13.4. The predicted octanol–water partition coefficient (Wildman–Crippen LogP) is 2.96. The van der Waals surface area contributed by atoms with Gasteiger partial charge in [-0.2, -0.15) is 0 Å². The maximum Gasteiger partial charge on any atom is 0.260 e. The summed E-state index contributed by atoms with van der Waals surface area (Å²) in [6.07, 6.45) is 0. The Morgan fingerprint density at radius 1 is 0.750 bits per heavy atom. The number of hydrogen-bond donors (Lipinski definition) is 1. The number of fused-ring (bicyclic) bond motifs is 2. The van der Waals surface area contributed by atoms with Gasteiger partial charge >= 0.3 is 0 Å². The minimum atomic E-state index is -0.625. The third kappa shape index (κ3) is 2.02. The van der Waals surface area contributed by atoms with Crippen LogP contribution < -0.4 is 5.56 Å². The number of halogens is 1. The molecule has 1 aliphatic rings. The third-order valence-electron chi connectivity index (χ3n) is 4.08. The molecule has 0 atom stereocenters. The van der Waals surface area contributed by atoms with Gasteiger partial charge in [-0.1, -0.05) is 24.3 Å². The molecule has 24 heavy (non-hydrogen) atoms. The van der Waals surface area contributed by atoms with Crippen molar-refractivity contribution in [3.05, 3.63) is 93.0 Å². The van der Waals surface area contributed by atoms with Gasteiger partial charge in [-0.05, 0) is 35.9 Å². The van der Waals surface area contributed by atoms with Gasteiger partial charge in [0.2, 0.25) is 0 Å². The summed E-state index contributed by atoms with van der Waals surface area (Å²) >= 11 is 0. The molecule has 0 aliphatic heterocycles. The van der Waals surface area contributed by atoms with Gasteiger partial charge in [0.1, 0.15) is 5.82 Å². The Balaban J connectivity index is 1.96. The van der Waals surface area contributed by atoms with Crippen LogP contribution in [0.3, 0.4) is 0 Å². The van der Waals surface area contributed by atoms with Crippen LogP contribution in [0.5, 0.6) is 0 Å². The van der Waals surface area contributed by atoms with E-state index in [4.69, 9.17) is 0 Å². The van der Waals surface area contributed by atoms with Crippen molar-refractivity contribution in [2.75, 3.05) is 0 Å². The minimum absolute atomic E-state index is 0.0711. The second kappa shape index (κ2) is 5.09. The summed E-state index contributed by atoms with van der Waals surface area (Å²) < 4.78 is 13.1. The first-order chi connectivity index (χ1) is 11.6. The summed E-state index contributed by atoms with van der Waals surface area (Å²) in [5.74, 6) is -1.24. The lowest BCUT2D eigenvalue weighted by molar-refractivity contribution is 0.0978. The highest BCUT2D eigenvalue weighted by atomic mass is 19.1. The molecule has 0 saturated carbocycles. The molecule has 0 amide bonds. The van der Waals surface area contributed by atoms with Gasteiger partial charge in [0, 0.05) is 22.4 Å². The van der Waals surface area contributed by atoms with E-state index in [1.807, 2.05) is 0 Å². The molecule has 0 bridgehead atoms. The van der Waals surface area contributed by atoms with Gasteiger partial charge in [-0.25, -0.2) is 4.39 Å². The highest BCUT2D eigenvalue weighted by Gasteiger charge is 2.32. The number of H-pyrrole nitrogens is 1. The van der Waals surface area contributed by atoms with Crippen LogP contribution in [-0.2, 0) is 0 Å². The second-order valence-electron chi connectivity index (χ2n) is 5.51. The van der Waals surface area contributed by atoms with Crippen molar-refractivity contribution >= 4 is 11.6 Å². The first kappa shape index (κ1) is 14.3.